The van der Waals surface area contributed by atoms with Crippen molar-refractivity contribution < 1.29 is 9.59 Å². The van der Waals surface area contributed by atoms with Crippen LogP contribution in [0.3, 0.4) is 0 Å². The first-order chi connectivity index (χ1) is 11.6. The number of benzene rings is 1. The Kier molecular flexibility index (Phi) is 3.26. The SMILES string of the molecule is CC(=O)N1c2ccccc2C[C@H]1C(=O)Nc1ccnc2ccnn12. The average Bonchev–Trinajstić information content (AvgIpc) is 3.19. The molecule has 2 amide bonds. The van der Waals surface area contributed by atoms with Crippen molar-refractivity contribution in [1.29, 1.82) is 0 Å². The summed E-state index contributed by atoms with van der Waals surface area (Å²) in [5.41, 5.74) is 2.43. The van der Waals surface area contributed by atoms with Gasteiger partial charge in [-0.1, -0.05) is 18.2 Å². The van der Waals surface area contributed by atoms with Gasteiger partial charge in [0, 0.05) is 31.3 Å². The molecule has 1 aromatic carbocycles. The molecule has 0 saturated heterocycles. The number of hydrogen-bond donors (Lipinski definition) is 1. The van der Waals surface area contributed by atoms with Gasteiger partial charge >= 0.3 is 0 Å². The van der Waals surface area contributed by atoms with Gasteiger partial charge in [0.1, 0.15) is 11.9 Å². The summed E-state index contributed by atoms with van der Waals surface area (Å²) >= 11 is 0. The molecule has 1 atom stereocenters. The van der Waals surface area contributed by atoms with Crippen molar-refractivity contribution in [2.24, 2.45) is 0 Å². The number of fused-ring (bicyclic) bond motifs is 2. The first-order valence-electron chi connectivity index (χ1n) is 7.62. The van der Waals surface area contributed by atoms with Gasteiger partial charge in [-0.05, 0) is 17.7 Å². The molecule has 4 rings (SSSR count). The predicted octanol–water partition coefficient (Wildman–Crippen LogP) is 1.65. The maximum Gasteiger partial charge on any atom is 0.249 e. The van der Waals surface area contributed by atoms with Crippen LogP contribution in [-0.2, 0) is 16.0 Å². The quantitative estimate of drug-likeness (QED) is 0.778. The summed E-state index contributed by atoms with van der Waals surface area (Å²) in [4.78, 5) is 30.6. The third-order valence-corrected chi connectivity index (χ3v) is 4.16. The monoisotopic (exact) mass is 321 g/mol. The molecule has 1 aliphatic rings. The first kappa shape index (κ1) is 14.4. The summed E-state index contributed by atoms with van der Waals surface area (Å²) in [6, 6.07) is 10.4. The van der Waals surface area contributed by atoms with Crippen LogP contribution in [0.25, 0.3) is 5.65 Å². The molecule has 0 bridgehead atoms. The standard InChI is InChI=1S/C17H15N5O2/c1-11(23)21-13-5-3-2-4-12(13)10-14(21)17(24)20-16-6-8-18-15-7-9-19-22(15)16/h2-9,14H,10H2,1H3,(H,20,24)/t14-/m0/s1. The molecule has 24 heavy (non-hydrogen) atoms. The van der Waals surface area contributed by atoms with Crippen LogP contribution in [0.2, 0.25) is 0 Å². The highest BCUT2D eigenvalue weighted by atomic mass is 16.2. The van der Waals surface area contributed by atoms with E-state index < -0.39 is 6.04 Å². The fourth-order valence-corrected chi connectivity index (χ4v) is 3.12. The molecular formula is C17H15N5O2. The molecule has 7 nitrogen and oxygen atoms in total. The smallest absolute Gasteiger partial charge is 0.249 e. The second-order valence-corrected chi connectivity index (χ2v) is 5.66. The van der Waals surface area contributed by atoms with Gasteiger partial charge in [0.2, 0.25) is 11.8 Å². The lowest BCUT2D eigenvalue weighted by Crippen LogP contribution is -2.44. The average molecular weight is 321 g/mol. The fourth-order valence-electron chi connectivity index (χ4n) is 3.12. The summed E-state index contributed by atoms with van der Waals surface area (Å²) in [5, 5.41) is 7.01. The van der Waals surface area contributed by atoms with Crippen molar-refractivity contribution in [2.75, 3.05) is 10.2 Å². The number of carbonyl (C=O) groups excluding carboxylic acids is 2. The van der Waals surface area contributed by atoms with Gasteiger partial charge in [-0.25, -0.2) is 4.98 Å². The summed E-state index contributed by atoms with van der Waals surface area (Å²) < 4.78 is 1.55. The number of hydrogen-bond acceptors (Lipinski definition) is 4. The van der Waals surface area contributed by atoms with E-state index in [0.717, 1.165) is 11.3 Å². The Morgan fingerprint density at radius 3 is 2.83 bits per heavy atom. The fraction of sp³-hybridized carbons (Fsp3) is 0.176. The molecule has 0 unspecified atom stereocenters. The maximum atomic E-state index is 12.8. The van der Waals surface area contributed by atoms with E-state index >= 15 is 0 Å². The Balaban J connectivity index is 1.65. The van der Waals surface area contributed by atoms with Crippen LogP contribution in [0, 0.1) is 0 Å². The van der Waals surface area contributed by atoms with Gasteiger partial charge in [0.25, 0.3) is 0 Å². The van der Waals surface area contributed by atoms with E-state index in [1.165, 1.54) is 6.92 Å². The Hall–Kier alpha value is -3.22. The van der Waals surface area contributed by atoms with Crippen LogP contribution in [0.4, 0.5) is 11.5 Å². The van der Waals surface area contributed by atoms with Crippen molar-refractivity contribution in [2.45, 2.75) is 19.4 Å². The molecule has 3 aromatic rings. The van der Waals surface area contributed by atoms with Crippen LogP contribution in [0.5, 0.6) is 0 Å². The van der Waals surface area contributed by atoms with Gasteiger partial charge in [-0.15, -0.1) is 0 Å². The maximum absolute atomic E-state index is 12.8. The van der Waals surface area contributed by atoms with Crippen molar-refractivity contribution in [3.63, 3.8) is 0 Å². The third-order valence-electron chi connectivity index (χ3n) is 4.16. The first-order valence-corrected chi connectivity index (χ1v) is 7.62. The van der Waals surface area contributed by atoms with Gasteiger partial charge in [-0.2, -0.15) is 9.61 Å². The van der Waals surface area contributed by atoms with Gasteiger partial charge in [0.15, 0.2) is 5.65 Å². The second kappa shape index (κ2) is 5.45. The number of aromatic nitrogens is 3. The van der Waals surface area contributed by atoms with E-state index in [4.69, 9.17) is 0 Å². The van der Waals surface area contributed by atoms with Gasteiger partial charge < -0.3 is 5.32 Å². The van der Waals surface area contributed by atoms with Crippen LogP contribution >= 0.6 is 0 Å². The molecular weight excluding hydrogens is 306 g/mol. The number of carbonyl (C=O) groups is 2. The normalized spacial score (nSPS) is 16.2. The summed E-state index contributed by atoms with van der Waals surface area (Å²) in [6.07, 6.45) is 3.72. The van der Waals surface area contributed by atoms with Crippen molar-refractivity contribution in [1.82, 2.24) is 14.6 Å². The number of nitrogens with one attached hydrogen (secondary N) is 1. The highest BCUT2D eigenvalue weighted by Gasteiger charge is 2.36. The zero-order valence-corrected chi connectivity index (χ0v) is 13.0. The van der Waals surface area contributed by atoms with Crippen molar-refractivity contribution in [3.05, 3.63) is 54.4 Å². The topological polar surface area (TPSA) is 79.6 Å². The van der Waals surface area contributed by atoms with E-state index in [9.17, 15) is 9.59 Å². The van der Waals surface area contributed by atoms with Crippen LogP contribution in [-0.4, -0.2) is 32.5 Å². The number of para-hydroxylation sites is 1. The Morgan fingerprint density at radius 1 is 1.17 bits per heavy atom. The molecule has 1 N–H and O–H groups in total. The third kappa shape index (κ3) is 2.21. The number of nitrogens with zero attached hydrogens (tertiary/aromatic N) is 4. The minimum absolute atomic E-state index is 0.154. The van der Waals surface area contributed by atoms with E-state index in [2.05, 4.69) is 15.4 Å². The zero-order chi connectivity index (χ0) is 16.7. The molecule has 3 heterocycles. The van der Waals surface area contributed by atoms with Crippen molar-refractivity contribution >= 4 is 29.0 Å². The molecule has 0 saturated carbocycles. The van der Waals surface area contributed by atoms with E-state index in [0.29, 0.717) is 17.9 Å². The molecule has 2 aromatic heterocycles. The lowest BCUT2D eigenvalue weighted by Gasteiger charge is -2.23. The Morgan fingerprint density at radius 2 is 2.00 bits per heavy atom. The second-order valence-electron chi connectivity index (χ2n) is 5.66. The lowest BCUT2D eigenvalue weighted by atomic mass is 10.1. The summed E-state index contributed by atoms with van der Waals surface area (Å²) in [6.45, 7) is 1.47. The molecule has 1 aliphatic heterocycles. The number of anilines is 2. The lowest BCUT2D eigenvalue weighted by molar-refractivity contribution is -0.122. The van der Waals surface area contributed by atoms with E-state index in [-0.39, 0.29) is 11.8 Å². The highest BCUT2D eigenvalue weighted by molar-refractivity contribution is 6.06. The van der Waals surface area contributed by atoms with E-state index in [1.807, 2.05) is 24.3 Å². The van der Waals surface area contributed by atoms with Crippen LogP contribution < -0.4 is 10.2 Å². The van der Waals surface area contributed by atoms with Crippen LogP contribution in [0.15, 0.2) is 48.8 Å². The predicted molar refractivity (Wildman–Crippen MR) is 88.7 cm³/mol. The summed E-state index contributed by atoms with van der Waals surface area (Å²) in [7, 11) is 0. The number of rotatable bonds is 2. The molecule has 120 valence electrons. The molecule has 0 aliphatic carbocycles. The highest BCUT2D eigenvalue weighted by Crippen LogP contribution is 2.32. The zero-order valence-electron chi connectivity index (χ0n) is 13.0. The van der Waals surface area contributed by atoms with E-state index in [1.54, 1.807) is 33.9 Å². The minimum Gasteiger partial charge on any atom is -0.309 e. The van der Waals surface area contributed by atoms with Gasteiger partial charge in [0.05, 0.1) is 6.20 Å². The van der Waals surface area contributed by atoms with Crippen LogP contribution in [0.1, 0.15) is 12.5 Å². The number of amides is 2. The van der Waals surface area contributed by atoms with Crippen molar-refractivity contribution in [3.8, 4) is 0 Å². The minimum atomic E-state index is -0.571. The molecule has 0 spiro atoms. The molecule has 7 heteroatoms. The Bertz CT molecular complexity index is 949. The van der Waals surface area contributed by atoms with Gasteiger partial charge in [-0.3, -0.25) is 14.5 Å². The molecule has 0 fully saturated rings. The summed E-state index contributed by atoms with van der Waals surface area (Å²) in [5.74, 6) is 0.123. The molecule has 0 radical (unpaired) electrons. The largest absolute Gasteiger partial charge is 0.309 e. The Labute approximate surface area is 137 Å².